The zero-order valence-corrected chi connectivity index (χ0v) is 15.4. The van der Waals surface area contributed by atoms with Crippen molar-refractivity contribution in [3.05, 3.63) is 30.1 Å². The normalized spacial score (nSPS) is 16.6. The lowest BCUT2D eigenvalue weighted by Gasteiger charge is -2.23. The van der Waals surface area contributed by atoms with Gasteiger partial charge in [-0.2, -0.15) is 5.26 Å². The number of likely N-dealkylation sites (N-methyl/N-ethyl adjacent to an activating group) is 1. The summed E-state index contributed by atoms with van der Waals surface area (Å²) < 4.78 is 8.05. The van der Waals surface area contributed by atoms with E-state index in [0.717, 1.165) is 68.5 Å². The lowest BCUT2D eigenvalue weighted by Crippen LogP contribution is -2.28. The van der Waals surface area contributed by atoms with Gasteiger partial charge in [-0.1, -0.05) is 13.8 Å². The standard InChI is InChI=1S/C20H28N4O/c1-3-23(4-2)12-13-25-15-17-14-24(19-18(17)8-7-11-22-19)20(16-21)9-5-6-10-20/h7-8,11,14H,3-6,9-10,12-13,15H2,1-2H3. The second-order valence-corrected chi connectivity index (χ2v) is 6.83. The summed E-state index contributed by atoms with van der Waals surface area (Å²) in [5.74, 6) is 0. The maximum absolute atomic E-state index is 9.83. The Bertz CT molecular complexity index is 736. The van der Waals surface area contributed by atoms with E-state index in [4.69, 9.17) is 4.74 Å². The summed E-state index contributed by atoms with van der Waals surface area (Å²) in [5.41, 5.74) is 1.60. The third kappa shape index (κ3) is 3.56. The highest BCUT2D eigenvalue weighted by Crippen LogP contribution is 2.39. The Labute approximate surface area is 150 Å². The molecule has 1 saturated carbocycles. The minimum atomic E-state index is -0.438. The van der Waals surface area contributed by atoms with Crippen LogP contribution in [-0.4, -0.2) is 40.7 Å². The van der Waals surface area contributed by atoms with Crippen LogP contribution in [0.5, 0.6) is 0 Å². The molecule has 134 valence electrons. The van der Waals surface area contributed by atoms with Gasteiger partial charge in [0.25, 0.3) is 0 Å². The Morgan fingerprint density at radius 2 is 2.08 bits per heavy atom. The van der Waals surface area contributed by atoms with Crippen LogP contribution in [0.3, 0.4) is 0 Å². The molecule has 0 aromatic carbocycles. The monoisotopic (exact) mass is 340 g/mol. The van der Waals surface area contributed by atoms with Crippen molar-refractivity contribution in [1.29, 1.82) is 5.26 Å². The third-order valence-electron chi connectivity index (χ3n) is 5.45. The van der Waals surface area contributed by atoms with Gasteiger partial charge < -0.3 is 14.2 Å². The van der Waals surface area contributed by atoms with E-state index >= 15 is 0 Å². The van der Waals surface area contributed by atoms with Crippen molar-refractivity contribution >= 4 is 11.0 Å². The van der Waals surface area contributed by atoms with Crippen LogP contribution in [0.25, 0.3) is 11.0 Å². The number of nitriles is 1. The average molecular weight is 340 g/mol. The molecule has 0 spiro atoms. The first-order chi connectivity index (χ1) is 12.2. The zero-order valence-electron chi connectivity index (χ0n) is 15.4. The van der Waals surface area contributed by atoms with Gasteiger partial charge in [-0.25, -0.2) is 4.98 Å². The zero-order chi connectivity index (χ0) is 17.7. The van der Waals surface area contributed by atoms with Crippen LogP contribution in [0.4, 0.5) is 0 Å². The van der Waals surface area contributed by atoms with Gasteiger partial charge in [0.2, 0.25) is 0 Å². The van der Waals surface area contributed by atoms with Crippen LogP contribution >= 0.6 is 0 Å². The van der Waals surface area contributed by atoms with Crippen LogP contribution in [0.2, 0.25) is 0 Å². The van der Waals surface area contributed by atoms with E-state index in [0.29, 0.717) is 6.61 Å². The molecular formula is C20H28N4O. The second kappa shape index (κ2) is 7.99. The van der Waals surface area contributed by atoms with E-state index in [9.17, 15) is 5.26 Å². The van der Waals surface area contributed by atoms with Crippen LogP contribution in [-0.2, 0) is 16.9 Å². The molecule has 1 aliphatic carbocycles. The molecule has 2 aromatic heterocycles. The van der Waals surface area contributed by atoms with Gasteiger partial charge in [0.05, 0.1) is 19.3 Å². The van der Waals surface area contributed by atoms with Gasteiger partial charge >= 0.3 is 0 Å². The lowest BCUT2D eigenvalue weighted by molar-refractivity contribution is 0.0961. The fraction of sp³-hybridized carbons (Fsp3) is 0.600. The summed E-state index contributed by atoms with van der Waals surface area (Å²) in [7, 11) is 0. The Balaban J connectivity index is 1.79. The second-order valence-electron chi connectivity index (χ2n) is 6.83. The highest BCUT2D eigenvalue weighted by Gasteiger charge is 2.37. The molecule has 25 heavy (non-hydrogen) atoms. The van der Waals surface area contributed by atoms with Crippen LogP contribution < -0.4 is 0 Å². The number of hydrogen-bond donors (Lipinski definition) is 0. The van der Waals surface area contributed by atoms with Crippen molar-refractivity contribution in [3.63, 3.8) is 0 Å². The van der Waals surface area contributed by atoms with Gasteiger partial charge in [-0.05, 0) is 50.9 Å². The smallest absolute Gasteiger partial charge is 0.141 e. The molecule has 3 rings (SSSR count). The number of fused-ring (bicyclic) bond motifs is 1. The molecule has 0 bridgehead atoms. The molecule has 0 N–H and O–H groups in total. The predicted molar refractivity (Wildman–Crippen MR) is 99.2 cm³/mol. The van der Waals surface area contributed by atoms with Gasteiger partial charge in [0.1, 0.15) is 11.2 Å². The Morgan fingerprint density at radius 3 is 2.76 bits per heavy atom. The first kappa shape index (κ1) is 17.9. The van der Waals surface area contributed by atoms with Crippen LogP contribution in [0.15, 0.2) is 24.5 Å². The van der Waals surface area contributed by atoms with E-state index in [1.54, 1.807) is 0 Å². The molecule has 1 aliphatic rings. The summed E-state index contributed by atoms with van der Waals surface area (Å²) in [5, 5.41) is 10.9. The first-order valence-corrected chi connectivity index (χ1v) is 9.41. The molecule has 0 unspecified atom stereocenters. The summed E-state index contributed by atoms with van der Waals surface area (Å²) in [6.07, 6.45) is 7.94. The third-order valence-corrected chi connectivity index (χ3v) is 5.45. The molecule has 1 fully saturated rings. The van der Waals surface area contributed by atoms with Gasteiger partial charge in [0.15, 0.2) is 0 Å². The topological polar surface area (TPSA) is 54.1 Å². The maximum atomic E-state index is 9.83. The largest absolute Gasteiger partial charge is 0.375 e. The summed E-state index contributed by atoms with van der Waals surface area (Å²) >= 11 is 0. The van der Waals surface area contributed by atoms with E-state index in [-0.39, 0.29) is 0 Å². The number of ether oxygens (including phenoxy) is 1. The number of hydrogen-bond acceptors (Lipinski definition) is 4. The molecular weight excluding hydrogens is 312 g/mol. The van der Waals surface area contributed by atoms with Crippen LogP contribution in [0.1, 0.15) is 45.1 Å². The number of nitrogens with zero attached hydrogens (tertiary/aromatic N) is 4. The number of aromatic nitrogens is 2. The van der Waals surface area contributed by atoms with Crippen molar-refractivity contribution in [1.82, 2.24) is 14.5 Å². The molecule has 5 heteroatoms. The fourth-order valence-electron chi connectivity index (χ4n) is 3.85. The fourth-order valence-corrected chi connectivity index (χ4v) is 3.85. The summed E-state index contributed by atoms with van der Waals surface area (Å²) in [6, 6.07) is 6.62. The van der Waals surface area contributed by atoms with Gasteiger partial charge in [-0.15, -0.1) is 0 Å². The van der Waals surface area contributed by atoms with Crippen molar-refractivity contribution in [3.8, 4) is 6.07 Å². The Kier molecular flexibility index (Phi) is 5.72. The van der Waals surface area contributed by atoms with Crippen LogP contribution in [0, 0.1) is 11.3 Å². The van der Waals surface area contributed by atoms with Gasteiger partial charge in [-0.3, -0.25) is 0 Å². The molecule has 0 atom stereocenters. The highest BCUT2D eigenvalue weighted by molar-refractivity contribution is 5.80. The Morgan fingerprint density at radius 1 is 1.32 bits per heavy atom. The molecule has 0 saturated heterocycles. The molecule has 0 radical (unpaired) electrons. The number of rotatable bonds is 8. The van der Waals surface area contributed by atoms with E-state index in [2.05, 4.69) is 46.6 Å². The molecule has 5 nitrogen and oxygen atoms in total. The minimum absolute atomic E-state index is 0.438. The molecule has 2 aromatic rings. The Hall–Kier alpha value is -1.90. The lowest BCUT2D eigenvalue weighted by atomic mass is 10.00. The minimum Gasteiger partial charge on any atom is -0.375 e. The first-order valence-electron chi connectivity index (χ1n) is 9.41. The van der Waals surface area contributed by atoms with E-state index in [1.807, 2.05) is 12.3 Å². The van der Waals surface area contributed by atoms with Gasteiger partial charge in [0, 0.05) is 29.9 Å². The van der Waals surface area contributed by atoms with Crippen molar-refractivity contribution in [2.75, 3.05) is 26.2 Å². The van der Waals surface area contributed by atoms with Crippen molar-refractivity contribution in [2.45, 2.75) is 51.7 Å². The van der Waals surface area contributed by atoms with E-state index < -0.39 is 5.54 Å². The number of pyridine rings is 1. The molecule has 0 aliphatic heterocycles. The maximum Gasteiger partial charge on any atom is 0.141 e. The predicted octanol–water partition coefficient (Wildman–Crippen LogP) is 3.69. The van der Waals surface area contributed by atoms with Crippen molar-refractivity contribution < 1.29 is 4.74 Å². The molecule has 0 amide bonds. The SMILES string of the molecule is CCN(CC)CCOCc1cn(C2(C#N)CCCC2)c2ncccc12. The highest BCUT2D eigenvalue weighted by atomic mass is 16.5. The van der Waals surface area contributed by atoms with E-state index in [1.165, 1.54) is 0 Å². The average Bonchev–Trinajstić information content (AvgIpc) is 3.28. The van der Waals surface area contributed by atoms with Crippen molar-refractivity contribution in [2.24, 2.45) is 0 Å². The molecule has 2 heterocycles. The summed E-state index contributed by atoms with van der Waals surface area (Å²) in [4.78, 5) is 6.93. The summed E-state index contributed by atoms with van der Waals surface area (Å²) in [6.45, 7) is 8.68. The quantitative estimate of drug-likeness (QED) is 0.688.